The highest BCUT2D eigenvalue weighted by Gasteiger charge is 1.95. The van der Waals surface area contributed by atoms with Crippen molar-refractivity contribution in [1.82, 2.24) is 14.5 Å². The molecule has 0 aliphatic heterocycles. The molecule has 2 aromatic rings. The Bertz CT molecular complexity index is 637. The summed E-state index contributed by atoms with van der Waals surface area (Å²) >= 11 is 0. The summed E-state index contributed by atoms with van der Waals surface area (Å²) in [5, 5.41) is 0. The molecule has 4 heteroatoms. The molecule has 0 spiro atoms. The molecule has 2 heterocycles. The summed E-state index contributed by atoms with van der Waals surface area (Å²) in [7, 11) is 0. The fourth-order valence-corrected chi connectivity index (χ4v) is 0.704. The van der Waals surface area contributed by atoms with E-state index in [4.69, 9.17) is 14.0 Å². The lowest BCUT2D eigenvalue weighted by Gasteiger charge is -1.97. The first-order valence-corrected chi connectivity index (χ1v) is 3.10. The Morgan fingerprint density at radius 1 is 1.58 bits per heavy atom. The van der Waals surface area contributed by atoms with Crippen LogP contribution in [0.4, 0.5) is 5.82 Å². The van der Waals surface area contributed by atoms with Crippen molar-refractivity contribution in [2.45, 2.75) is 0 Å². The molecule has 2 N–H and O–H groups in total. The van der Waals surface area contributed by atoms with Crippen molar-refractivity contribution < 1.29 is 8.22 Å². The van der Waals surface area contributed by atoms with E-state index in [-0.39, 0.29) is 17.7 Å². The maximum absolute atomic E-state index is 7.69. The van der Waals surface area contributed by atoms with Gasteiger partial charge in [-0.05, 0) is 12.1 Å². The van der Waals surface area contributed by atoms with E-state index < -0.39 is 30.7 Å². The quantitative estimate of drug-likeness (QED) is 0.683. The first kappa shape index (κ1) is 2.90. The normalized spacial score (nSPS) is 17.0. The summed E-state index contributed by atoms with van der Waals surface area (Å²) in [4.78, 5) is 7.01. The van der Waals surface area contributed by atoms with E-state index in [1.54, 1.807) is 0 Å². The van der Waals surface area contributed by atoms with E-state index in [0.717, 1.165) is 4.57 Å². The van der Waals surface area contributed by atoms with E-state index in [1.165, 1.54) is 0 Å². The lowest BCUT2D eigenvalue weighted by atomic mass is 10.4. The highest BCUT2D eigenvalue weighted by Crippen LogP contribution is 2.06. The number of hydrogen-bond acceptors (Lipinski definition) is 3. The molecule has 12 heavy (non-hydrogen) atoms. The summed E-state index contributed by atoms with van der Waals surface area (Å²) in [6, 6.07) is -0.938. The first-order valence-electron chi connectivity index (χ1n) is 6.10. The third-order valence-corrected chi connectivity index (χ3v) is 1.17. The summed E-state index contributed by atoms with van der Waals surface area (Å²) in [6.07, 6.45) is -1.74. The van der Waals surface area contributed by atoms with Gasteiger partial charge in [0, 0.05) is 6.17 Å². The number of nitrogens with two attached hydrogens (primary N) is 1. The van der Waals surface area contributed by atoms with Gasteiger partial charge in [0.05, 0.1) is 24.9 Å². The lowest BCUT2D eigenvalue weighted by Crippen LogP contribution is -1.89. The number of aromatic nitrogens is 3. The smallest absolute Gasteiger partial charge is 0.141 e. The van der Waals surface area contributed by atoms with Gasteiger partial charge in [0.2, 0.25) is 0 Å². The monoisotopic (exact) mass is 166 g/mol. The highest BCUT2D eigenvalue weighted by atomic mass is 15.1. The Hall–Kier alpha value is -1.84. The second kappa shape index (κ2) is 2.65. The molecule has 0 bridgehead atoms. The average Bonchev–Trinajstić information content (AvgIpc) is 2.53. The molecule has 0 aliphatic carbocycles. The molecule has 0 unspecified atom stereocenters. The number of pyridine rings is 1. The van der Waals surface area contributed by atoms with Crippen LogP contribution in [0, 0.1) is 0 Å². The summed E-state index contributed by atoms with van der Waals surface area (Å²) < 4.78 is 46.1. The molecule has 0 aliphatic rings. The van der Waals surface area contributed by atoms with Gasteiger partial charge in [-0.1, -0.05) is 0 Å². The van der Waals surface area contributed by atoms with Crippen LogP contribution >= 0.6 is 0 Å². The fraction of sp³-hybridized carbons (Fsp3) is 0. The van der Waals surface area contributed by atoms with Crippen LogP contribution in [0.1, 0.15) is 8.22 Å². The number of hydrogen-bond donors (Lipinski definition) is 1. The fourth-order valence-electron chi connectivity index (χ4n) is 0.704. The van der Waals surface area contributed by atoms with E-state index in [0.29, 0.717) is 0 Å². The minimum atomic E-state index is -0.500. The third kappa shape index (κ3) is 1.14. The molecule has 4 nitrogen and oxygen atoms in total. The van der Waals surface area contributed by atoms with Crippen LogP contribution in [0.15, 0.2) is 36.9 Å². The number of nitrogen functional groups attached to an aromatic ring is 1. The standard InChI is InChI=1S/C8H8N4/c9-8-5-12(6-11-8)7-2-1-3-10-4-7/h1-6H,9H2/i1D,2D,3D,4D,5D,6D. The Balaban J connectivity index is 2.83. The second-order valence-electron chi connectivity index (χ2n) is 1.98. The zero-order valence-corrected chi connectivity index (χ0v) is 5.92. The molecule has 2 rings (SSSR count). The van der Waals surface area contributed by atoms with Crippen molar-refractivity contribution in [3.05, 3.63) is 36.9 Å². The maximum Gasteiger partial charge on any atom is 0.141 e. The van der Waals surface area contributed by atoms with E-state index in [9.17, 15) is 0 Å². The Kier molecular flexibility index (Phi) is 0.640. The van der Waals surface area contributed by atoms with Gasteiger partial charge >= 0.3 is 0 Å². The van der Waals surface area contributed by atoms with Gasteiger partial charge in [0.1, 0.15) is 13.5 Å². The van der Waals surface area contributed by atoms with E-state index >= 15 is 0 Å². The van der Waals surface area contributed by atoms with Gasteiger partial charge in [-0.15, -0.1) is 0 Å². The average molecular weight is 166 g/mol. The SMILES string of the molecule is [2H]c1nc([2H])c(-n2c([2H])nc(N)c2[2H])c([2H])c1[2H]. The summed E-state index contributed by atoms with van der Waals surface area (Å²) in [6.45, 7) is 0. The molecule has 0 atom stereocenters. The van der Waals surface area contributed by atoms with Crippen molar-refractivity contribution >= 4 is 5.82 Å². The Morgan fingerprint density at radius 2 is 2.50 bits per heavy atom. The van der Waals surface area contributed by atoms with Crippen molar-refractivity contribution in [3.8, 4) is 5.69 Å². The van der Waals surface area contributed by atoms with Crippen molar-refractivity contribution in [2.75, 3.05) is 5.73 Å². The predicted octanol–water partition coefficient (Wildman–Crippen LogP) is 0.849. The van der Waals surface area contributed by atoms with Gasteiger partial charge in [-0.25, -0.2) is 4.98 Å². The minimum absolute atomic E-state index is 0.208. The second-order valence-corrected chi connectivity index (χ2v) is 1.98. The predicted molar refractivity (Wildman–Crippen MR) is 45.8 cm³/mol. The van der Waals surface area contributed by atoms with Crippen LogP contribution in [0.5, 0.6) is 0 Å². The van der Waals surface area contributed by atoms with Gasteiger partial charge in [-0.2, -0.15) is 0 Å². The number of rotatable bonds is 1. The molecular weight excluding hydrogens is 152 g/mol. The van der Waals surface area contributed by atoms with Gasteiger partial charge < -0.3 is 10.3 Å². The number of nitrogens with zero attached hydrogens (tertiary/aromatic N) is 3. The van der Waals surface area contributed by atoms with Crippen LogP contribution in [0.2, 0.25) is 0 Å². The highest BCUT2D eigenvalue weighted by molar-refractivity contribution is 5.33. The van der Waals surface area contributed by atoms with Crippen molar-refractivity contribution in [2.24, 2.45) is 0 Å². The summed E-state index contributed by atoms with van der Waals surface area (Å²) in [5.41, 5.74) is 5.14. The largest absolute Gasteiger partial charge is 0.382 e. The van der Waals surface area contributed by atoms with Crippen LogP contribution in [-0.2, 0) is 0 Å². The lowest BCUT2D eigenvalue weighted by molar-refractivity contribution is 1.04. The van der Waals surface area contributed by atoms with Crippen LogP contribution < -0.4 is 5.73 Å². The molecule has 0 saturated carbocycles. The van der Waals surface area contributed by atoms with Crippen molar-refractivity contribution in [1.29, 1.82) is 0 Å². The van der Waals surface area contributed by atoms with Crippen LogP contribution in [-0.4, -0.2) is 14.5 Å². The zero-order valence-electron chi connectivity index (χ0n) is 11.9. The summed E-state index contributed by atoms with van der Waals surface area (Å²) in [5.74, 6) is -0.208. The molecule has 60 valence electrons. The van der Waals surface area contributed by atoms with Crippen LogP contribution in [0.3, 0.4) is 0 Å². The third-order valence-electron chi connectivity index (χ3n) is 1.17. The Labute approximate surface area is 78.1 Å². The van der Waals surface area contributed by atoms with E-state index in [1.807, 2.05) is 0 Å². The van der Waals surface area contributed by atoms with Crippen LogP contribution in [0.25, 0.3) is 5.69 Å². The number of anilines is 1. The zero-order chi connectivity index (χ0) is 13.6. The van der Waals surface area contributed by atoms with Gasteiger partial charge in [0.15, 0.2) is 0 Å². The van der Waals surface area contributed by atoms with Gasteiger partial charge in [-0.3, -0.25) is 4.98 Å². The first-order chi connectivity index (χ1) is 8.34. The van der Waals surface area contributed by atoms with Crippen molar-refractivity contribution in [3.63, 3.8) is 0 Å². The van der Waals surface area contributed by atoms with Gasteiger partial charge in [0.25, 0.3) is 0 Å². The Morgan fingerprint density at radius 3 is 3.25 bits per heavy atom. The topological polar surface area (TPSA) is 56.7 Å². The molecule has 2 aromatic heterocycles. The number of imidazole rings is 1. The molecular formula is C8H8N4. The minimum Gasteiger partial charge on any atom is -0.382 e. The molecule has 0 amide bonds. The molecule has 0 radical (unpaired) electrons. The maximum atomic E-state index is 7.69. The van der Waals surface area contributed by atoms with E-state index in [2.05, 4.69) is 9.97 Å². The molecule has 0 saturated heterocycles. The molecule has 0 fully saturated rings. The molecule has 0 aromatic carbocycles.